The van der Waals surface area contributed by atoms with E-state index in [0.717, 1.165) is 12.8 Å². The summed E-state index contributed by atoms with van der Waals surface area (Å²) in [4.78, 5) is 10.1. The second-order valence-electron chi connectivity index (χ2n) is 2.70. The number of carboxylic acid groups (broad SMARTS) is 1. The van der Waals surface area contributed by atoms with E-state index in [1.807, 2.05) is 0 Å². The van der Waals surface area contributed by atoms with Crippen LogP contribution in [0.5, 0.6) is 0 Å². The van der Waals surface area contributed by atoms with Gasteiger partial charge in [-0.05, 0) is 25.7 Å². The van der Waals surface area contributed by atoms with Crippen LogP contribution < -0.4 is 0 Å². The van der Waals surface area contributed by atoms with Gasteiger partial charge in [0.2, 0.25) is 0 Å². The number of hydrogen-bond donors (Lipinski definition) is 1. The van der Waals surface area contributed by atoms with Gasteiger partial charge in [-0.1, -0.05) is 17.7 Å². The Morgan fingerprint density at radius 2 is 2.36 bits per heavy atom. The van der Waals surface area contributed by atoms with Gasteiger partial charge in [-0.3, -0.25) is 0 Å². The monoisotopic (exact) mass is 152 g/mol. The molecule has 0 saturated heterocycles. The molecule has 0 bridgehead atoms. The molecular formula is C9H12O2. The minimum atomic E-state index is -0.864. The fourth-order valence-corrected chi connectivity index (χ4v) is 1.19. The van der Waals surface area contributed by atoms with Gasteiger partial charge < -0.3 is 5.11 Å². The molecule has 0 aromatic rings. The molecule has 1 rings (SSSR count). The summed E-state index contributed by atoms with van der Waals surface area (Å²) >= 11 is 0. The van der Waals surface area contributed by atoms with Gasteiger partial charge in [-0.15, -0.1) is 0 Å². The molecule has 11 heavy (non-hydrogen) atoms. The van der Waals surface area contributed by atoms with Crippen molar-refractivity contribution >= 4 is 5.97 Å². The minimum absolute atomic E-state index is 0.864. The number of rotatable bonds is 2. The Bertz CT molecular complexity index is 202. The van der Waals surface area contributed by atoms with Crippen LogP contribution >= 0.6 is 0 Å². The molecule has 1 N–H and O–H groups in total. The quantitative estimate of drug-likeness (QED) is 0.615. The van der Waals surface area contributed by atoms with Crippen molar-refractivity contribution in [1.29, 1.82) is 0 Å². The molecular weight excluding hydrogens is 140 g/mol. The Labute approximate surface area is 66.2 Å². The van der Waals surface area contributed by atoms with Gasteiger partial charge >= 0.3 is 5.97 Å². The first-order chi connectivity index (χ1) is 5.29. The van der Waals surface area contributed by atoms with Crippen molar-refractivity contribution < 1.29 is 9.90 Å². The number of carbonyl (C=O) groups is 1. The van der Waals surface area contributed by atoms with Crippen molar-refractivity contribution in [2.75, 3.05) is 0 Å². The highest BCUT2D eigenvalue weighted by Crippen LogP contribution is 2.17. The zero-order chi connectivity index (χ0) is 8.10. The van der Waals surface area contributed by atoms with Crippen LogP contribution in [0.2, 0.25) is 0 Å². The second-order valence-corrected chi connectivity index (χ2v) is 2.70. The normalized spacial score (nSPS) is 18.4. The van der Waals surface area contributed by atoms with E-state index in [1.165, 1.54) is 24.5 Å². The standard InChI is InChI=1S/C9H12O2/c10-9(11)7-6-8-4-2-1-3-5-8/h4,6-7H,1-3,5H2,(H,10,11)/b7-6+. The zero-order valence-electron chi connectivity index (χ0n) is 6.42. The van der Waals surface area contributed by atoms with Crippen LogP contribution in [-0.2, 0) is 4.79 Å². The summed E-state index contributed by atoms with van der Waals surface area (Å²) < 4.78 is 0. The molecule has 0 unspecified atom stereocenters. The molecule has 2 heteroatoms. The average molecular weight is 152 g/mol. The Kier molecular flexibility index (Phi) is 2.90. The average Bonchev–Trinajstić information content (AvgIpc) is 2.03. The predicted octanol–water partition coefficient (Wildman–Crippen LogP) is 2.13. The van der Waals surface area contributed by atoms with Crippen molar-refractivity contribution in [2.24, 2.45) is 0 Å². The molecule has 0 atom stereocenters. The van der Waals surface area contributed by atoms with Gasteiger partial charge in [0.05, 0.1) is 0 Å². The van der Waals surface area contributed by atoms with Crippen LogP contribution in [0.3, 0.4) is 0 Å². The fourth-order valence-electron chi connectivity index (χ4n) is 1.19. The topological polar surface area (TPSA) is 37.3 Å². The highest BCUT2D eigenvalue weighted by atomic mass is 16.4. The molecule has 0 aromatic heterocycles. The number of hydrogen-bond acceptors (Lipinski definition) is 1. The van der Waals surface area contributed by atoms with Crippen molar-refractivity contribution in [3.8, 4) is 0 Å². The first-order valence-corrected chi connectivity index (χ1v) is 3.89. The summed E-state index contributed by atoms with van der Waals surface area (Å²) in [6.45, 7) is 0. The van der Waals surface area contributed by atoms with Gasteiger partial charge in [-0.2, -0.15) is 0 Å². The zero-order valence-corrected chi connectivity index (χ0v) is 6.42. The van der Waals surface area contributed by atoms with Crippen LogP contribution in [0, 0.1) is 0 Å². The van der Waals surface area contributed by atoms with E-state index in [4.69, 9.17) is 5.11 Å². The van der Waals surface area contributed by atoms with Gasteiger partial charge in [0.1, 0.15) is 0 Å². The molecule has 0 fully saturated rings. The summed E-state index contributed by atoms with van der Waals surface area (Å²) in [6.07, 6.45) is 9.57. The molecule has 60 valence electrons. The molecule has 0 amide bonds. The Morgan fingerprint density at radius 3 is 2.91 bits per heavy atom. The molecule has 0 spiro atoms. The molecule has 0 aromatic carbocycles. The van der Waals surface area contributed by atoms with Crippen LogP contribution in [-0.4, -0.2) is 11.1 Å². The number of aliphatic carboxylic acids is 1. The molecule has 1 aliphatic carbocycles. The maximum atomic E-state index is 10.1. The Hall–Kier alpha value is -1.05. The van der Waals surface area contributed by atoms with Crippen molar-refractivity contribution in [1.82, 2.24) is 0 Å². The summed E-state index contributed by atoms with van der Waals surface area (Å²) in [5.74, 6) is -0.864. The van der Waals surface area contributed by atoms with E-state index >= 15 is 0 Å². The van der Waals surface area contributed by atoms with Crippen molar-refractivity contribution in [3.63, 3.8) is 0 Å². The minimum Gasteiger partial charge on any atom is -0.478 e. The SMILES string of the molecule is O=C(O)/C=C/C1=CCCCC1. The first kappa shape index (κ1) is 8.05. The lowest BCUT2D eigenvalue weighted by Gasteiger charge is -2.07. The molecule has 0 heterocycles. The van der Waals surface area contributed by atoms with E-state index in [0.29, 0.717) is 0 Å². The highest BCUT2D eigenvalue weighted by molar-refractivity contribution is 5.80. The van der Waals surface area contributed by atoms with Gasteiger partial charge in [0, 0.05) is 6.08 Å². The first-order valence-electron chi connectivity index (χ1n) is 3.89. The van der Waals surface area contributed by atoms with Gasteiger partial charge in [0.15, 0.2) is 0 Å². The molecule has 0 aliphatic heterocycles. The molecule has 1 aliphatic rings. The summed E-state index contributed by atoms with van der Waals surface area (Å²) in [7, 11) is 0. The molecule has 0 radical (unpaired) electrons. The van der Waals surface area contributed by atoms with E-state index in [2.05, 4.69) is 6.08 Å². The van der Waals surface area contributed by atoms with Crippen LogP contribution in [0.4, 0.5) is 0 Å². The fraction of sp³-hybridized carbons (Fsp3) is 0.444. The summed E-state index contributed by atoms with van der Waals surface area (Å²) in [6, 6.07) is 0. The van der Waals surface area contributed by atoms with Crippen LogP contribution in [0.25, 0.3) is 0 Å². The Balaban J connectivity index is 2.47. The van der Waals surface area contributed by atoms with Crippen LogP contribution in [0.15, 0.2) is 23.8 Å². The third-order valence-corrected chi connectivity index (χ3v) is 1.77. The van der Waals surface area contributed by atoms with Crippen LogP contribution in [0.1, 0.15) is 25.7 Å². The lowest BCUT2D eigenvalue weighted by molar-refractivity contribution is -0.131. The lowest BCUT2D eigenvalue weighted by atomic mass is 9.99. The van der Waals surface area contributed by atoms with E-state index in [9.17, 15) is 4.79 Å². The number of allylic oxidation sites excluding steroid dienone is 3. The third kappa shape index (κ3) is 3.03. The summed E-state index contributed by atoms with van der Waals surface area (Å²) in [5.41, 5.74) is 1.17. The second kappa shape index (κ2) is 3.96. The van der Waals surface area contributed by atoms with E-state index in [-0.39, 0.29) is 0 Å². The van der Waals surface area contributed by atoms with Crippen molar-refractivity contribution in [3.05, 3.63) is 23.8 Å². The van der Waals surface area contributed by atoms with Gasteiger partial charge in [-0.25, -0.2) is 4.79 Å². The largest absolute Gasteiger partial charge is 0.478 e. The lowest BCUT2D eigenvalue weighted by Crippen LogP contribution is -1.91. The van der Waals surface area contributed by atoms with E-state index < -0.39 is 5.97 Å². The smallest absolute Gasteiger partial charge is 0.328 e. The van der Waals surface area contributed by atoms with Gasteiger partial charge in [0.25, 0.3) is 0 Å². The van der Waals surface area contributed by atoms with Crippen molar-refractivity contribution in [2.45, 2.75) is 25.7 Å². The maximum Gasteiger partial charge on any atom is 0.328 e. The highest BCUT2D eigenvalue weighted by Gasteiger charge is 1.99. The molecule has 2 nitrogen and oxygen atoms in total. The van der Waals surface area contributed by atoms with E-state index in [1.54, 1.807) is 6.08 Å². The number of carboxylic acids is 1. The third-order valence-electron chi connectivity index (χ3n) is 1.77. The maximum absolute atomic E-state index is 10.1. The predicted molar refractivity (Wildman–Crippen MR) is 43.3 cm³/mol. The summed E-state index contributed by atoms with van der Waals surface area (Å²) in [5, 5.41) is 8.33. The Morgan fingerprint density at radius 1 is 1.55 bits per heavy atom. The molecule has 0 saturated carbocycles.